The average Bonchev–Trinajstić information content (AvgIpc) is 2.47. The number of hydrogen-bond acceptors (Lipinski definition) is 3. The molecule has 20 heavy (non-hydrogen) atoms. The smallest absolute Gasteiger partial charge is 0.251 e. The number of nitrogens with zero attached hydrogens (tertiary/aromatic N) is 1. The number of nitrogens with one attached hydrogen (secondary N) is 1. The molecule has 1 saturated carbocycles. The van der Waals surface area contributed by atoms with Crippen molar-refractivity contribution in [2.24, 2.45) is 10.9 Å². The molecule has 1 aromatic carbocycles. The molecule has 2 rings (SSSR count). The number of carbonyl (C=O) groups is 1. The molecule has 0 bridgehead atoms. The number of amides is 1. The first kappa shape index (κ1) is 14.4. The van der Waals surface area contributed by atoms with Gasteiger partial charge >= 0.3 is 0 Å². The van der Waals surface area contributed by atoms with Crippen molar-refractivity contribution in [2.45, 2.75) is 44.6 Å². The molecule has 0 radical (unpaired) electrons. The van der Waals surface area contributed by atoms with E-state index in [1.54, 1.807) is 24.3 Å². The predicted octanol–water partition coefficient (Wildman–Crippen LogP) is 2.23. The van der Waals surface area contributed by atoms with Crippen LogP contribution < -0.4 is 11.1 Å². The third-order valence-corrected chi connectivity index (χ3v) is 3.92. The maximum Gasteiger partial charge on any atom is 0.251 e. The highest BCUT2D eigenvalue weighted by Gasteiger charge is 2.28. The minimum Gasteiger partial charge on any atom is -0.409 e. The van der Waals surface area contributed by atoms with E-state index in [-0.39, 0.29) is 17.3 Å². The Labute approximate surface area is 118 Å². The van der Waals surface area contributed by atoms with Crippen molar-refractivity contribution in [3.63, 3.8) is 0 Å². The highest BCUT2D eigenvalue weighted by atomic mass is 16.4. The molecule has 1 fully saturated rings. The van der Waals surface area contributed by atoms with Crippen molar-refractivity contribution in [3.8, 4) is 0 Å². The lowest BCUT2D eigenvalue weighted by molar-refractivity contribution is 0.0882. The molecular formula is C15H21N3O2. The van der Waals surface area contributed by atoms with Gasteiger partial charge in [-0.3, -0.25) is 4.79 Å². The quantitative estimate of drug-likeness (QED) is 0.342. The molecule has 0 aliphatic heterocycles. The fourth-order valence-corrected chi connectivity index (χ4v) is 2.65. The lowest BCUT2D eigenvalue weighted by Gasteiger charge is -2.34. The first-order valence-corrected chi connectivity index (χ1v) is 6.94. The molecule has 0 unspecified atom stereocenters. The van der Waals surface area contributed by atoms with Crippen molar-refractivity contribution in [1.29, 1.82) is 0 Å². The number of oxime groups is 1. The normalized spacial score (nSPS) is 18.6. The van der Waals surface area contributed by atoms with Crippen LogP contribution in [0.2, 0.25) is 0 Å². The minimum absolute atomic E-state index is 0.0381. The Morgan fingerprint density at radius 1 is 1.20 bits per heavy atom. The zero-order valence-electron chi connectivity index (χ0n) is 11.7. The maximum atomic E-state index is 12.2. The maximum absolute atomic E-state index is 12.2. The van der Waals surface area contributed by atoms with Gasteiger partial charge in [0.25, 0.3) is 5.91 Å². The molecule has 1 amide bonds. The second-order valence-electron chi connectivity index (χ2n) is 5.64. The molecule has 108 valence electrons. The summed E-state index contributed by atoms with van der Waals surface area (Å²) in [5.41, 5.74) is 6.57. The summed E-state index contributed by atoms with van der Waals surface area (Å²) in [6.45, 7) is 2.11. The van der Waals surface area contributed by atoms with Crippen molar-refractivity contribution < 1.29 is 10.0 Å². The van der Waals surface area contributed by atoms with E-state index in [1.807, 2.05) is 0 Å². The first-order valence-electron chi connectivity index (χ1n) is 6.94. The summed E-state index contributed by atoms with van der Waals surface area (Å²) < 4.78 is 0. The lowest BCUT2D eigenvalue weighted by Crippen LogP contribution is -2.47. The predicted molar refractivity (Wildman–Crippen MR) is 77.9 cm³/mol. The Hall–Kier alpha value is -2.04. The molecule has 1 aliphatic rings. The first-order chi connectivity index (χ1) is 9.54. The number of hydrogen-bond donors (Lipinski definition) is 3. The molecule has 1 aromatic rings. The van der Waals surface area contributed by atoms with Crippen molar-refractivity contribution in [3.05, 3.63) is 35.4 Å². The fraction of sp³-hybridized carbons (Fsp3) is 0.467. The Balaban J connectivity index is 2.05. The number of nitrogens with two attached hydrogens (primary N) is 1. The molecule has 0 spiro atoms. The SMILES string of the molecule is CC1(NC(=O)c2ccc(C(N)=NO)cc2)CCCCC1. The van der Waals surface area contributed by atoms with E-state index >= 15 is 0 Å². The highest BCUT2D eigenvalue weighted by Crippen LogP contribution is 2.27. The van der Waals surface area contributed by atoms with Crippen LogP contribution in [0.4, 0.5) is 0 Å². The summed E-state index contributed by atoms with van der Waals surface area (Å²) in [7, 11) is 0. The molecule has 1 aliphatic carbocycles. The van der Waals surface area contributed by atoms with Crippen molar-refractivity contribution in [2.75, 3.05) is 0 Å². The third-order valence-electron chi connectivity index (χ3n) is 3.92. The van der Waals surface area contributed by atoms with Gasteiger partial charge in [0, 0.05) is 16.7 Å². The van der Waals surface area contributed by atoms with Gasteiger partial charge in [0.15, 0.2) is 5.84 Å². The summed E-state index contributed by atoms with van der Waals surface area (Å²) in [5.74, 6) is -0.0309. The monoisotopic (exact) mass is 275 g/mol. The van der Waals surface area contributed by atoms with E-state index in [0.717, 1.165) is 12.8 Å². The van der Waals surface area contributed by atoms with Gasteiger partial charge in [0.05, 0.1) is 0 Å². The van der Waals surface area contributed by atoms with Crippen LogP contribution in [0, 0.1) is 0 Å². The average molecular weight is 275 g/mol. The zero-order chi connectivity index (χ0) is 14.6. The summed E-state index contributed by atoms with van der Waals surface area (Å²) in [6.07, 6.45) is 5.64. The summed E-state index contributed by atoms with van der Waals surface area (Å²) in [6, 6.07) is 6.73. The number of rotatable bonds is 3. The minimum atomic E-state index is -0.0976. The van der Waals surface area contributed by atoms with Gasteiger partial charge in [-0.1, -0.05) is 36.6 Å². The molecule has 5 nitrogen and oxygen atoms in total. The van der Waals surface area contributed by atoms with E-state index in [1.165, 1.54) is 19.3 Å². The largest absolute Gasteiger partial charge is 0.409 e. The zero-order valence-corrected chi connectivity index (χ0v) is 11.7. The Kier molecular flexibility index (Phi) is 4.27. The molecule has 0 saturated heterocycles. The number of amidine groups is 1. The highest BCUT2D eigenvalue weighted by molar-refractivity contribution is 5.99. The van der Waals surface area contributed by atoms with E-state index in [0.29, 0.717) is 11.1 Å². The third kappa shape index (κ3) is 3.29. The standard InChI is InChI=1S/C15H21N3O2/c1-15(9-3-2-4-10-15)17-14(19)12-7-5-11(6-8-12)13(16)18-20/h5-8,20H,2-4,9-10H2,1H3,(H2,16,18)(H,17,19). The molecule has 0 heterocycles. The van der Waals surface area contributed by atoms with E-state index in [2.05, 4.69) is 17.4 Å². The van der Waals surface area contributed by atoms with Crippen LogP contribution in [0.1, 0.15) is 54.9 Å². The van der Waals surface area contributed by atoms with Gasteiger partial charge in [0.1, 0.15) is 0 Å². The van der Waals surface area contributed by atoms with Gasteiger partial charge in [-0.2, -0.15) is 0 Å². The van der Waals surface area contributed by atoms with Crippen LogP contribution in [-0.2, 0) is 0 Å². The fourth-order valence-electron chi connectivity index (χ4n) is 2.65. The van der Waals surface area contributed by atoms with Crippen LogP contribution in [0.15, 0.2) is 29.4 Å². The van der Waals surface area contributed by atoms with Gasteiger partial charge in [-0.05, 0) is 31.9 Å². The number of carbonyl (C=O) groups excluding carboxylic acids is 1. The topological polar surface area (TPSA) is 87.7 Å². The van der Waals surface area contributed by atoms with E-state index in [4.69, 9.17) is 10.9 Å². The summed E-state index contributed by atoms with van der Waals surface area (Å²) in [4.78, 5) is 12.2. The van der Waals surface area contributed by atoms with E-state index in [9.17, 15) is 4.79 Å². The van der Waals surface area contributed by atoms with Crippen molar-refractivity contribution >= 4 is 11.7 Å². The van der Waals surface area contributed by atoms with Crippen LogP contribution in [-0.4, -0.2) is 22.5 Å². The lowest BCUT2D eigenvalue weighted by atomic mass is 9.83. The Morgan fingerprint density at radius 2 is 1.75 bits per heavy atom. The number of benzene rings is 1. The molecule has 0 aromatic heterocycles. The van der Waals surface area contributed by atoms with Crippen LogP contribution in [0.5, 0.6) is 0 Å². The van der Waals surface area contributed by atoms with Gasteiger partial charge < -0.3 is 16.3 Å². The second kappa shape index (κ2) is 5.94. The summed E-state index contributed by atoms with van der Waals surface area (Å²) in [5, 5.41) is 14.7. The van der Waals surface area contributed by atoms with Crippen molar-refractivity contribution in [1.82, 2.24) is 5.32 Å². The van der Waals surface area contributed by atoms with E-state index < -0.39 is 0 Å². The summed E-state index contributed by atoms with van der Waals surface area (Å²) >= 11 is 0. The second-order valence-corrected chi connectivity index (χ2v) is 5.64. The van der Waals surface area contributed by atoms with Gasteiger partial charge in [0.2, 0.25) is 0 Å². The molecule has 4 N–H and O–H groups in total. The molecular weight excluding hydrogens is 254 g/mol. The van der Waals surface area contributed by atoms with Gasteiger partial charge in [-0.25, -0.2) is 0 Å². The van der Waals surface area contributed by atoms with Crippen LogP contribution in [0.25, 0.3) is 0 Å². The van der Waals surface area contributed by atoms with Crippen LogP contribution >= 0.6 is 0 Å². The molecule has 5 heteroatoms. The Morgan fingerprint density at radius 3 is 2.30 bits per heavy atom. The molecule has 0 atom stereocenters. The van der Waals surface area contributed by atoms with Gasteiger partial charge in [-0.15, -0.1) is 0 Å². The van der Waals surface area contributed by atoms with Crippen LogP contribution in [0.3, 0.4) is 0 Å². The Bertz CT molecular complexity index is 502.